The molecule has 164 valence electrons. The van der Waals surface area contributed by atoms with Crippen LogP contribution in [0.25, 0.3) is 11.4 Å². The summed E-state index contributed by atoms with van der Waals surface area (Å²) in [6.07, 6.45) is 4.71. The van der Waals surface area contributed by atoms with Gasteiger partial charge < -0.3 is 15.0 Å². The van der Waals surface area contributed by atoms with Crippen molar-refractivity contribution < 1.29 is 14.3 Å². The van der Waals surface area contributed by atoms with Gasteiger partial charge in [0.1, 0.15) is 18.7 Å². The summed E-state index contributed by atoms with van der Waals surface area (Å²) in [5.74, 6) is 1.10. The minimum atomic E-state index is -0.121. The molecule has 2 aliphatic rings. The zero-order valence-electron chi connectivity index (χ0n) is 17.6. The normalized spacial score (nSPS) is 19.0. The Hall–Kier alpha value is -3.79. The van der Waals surface area contributed by atoms with Crippen molar-refractivity contribution in [2.24, 2.45) is 7.05 Å². The average Bonchev–Trinajstić information content (AvgIpc) is 3.26. The van der Waals surface area contributed by atoms with Gasteiger partial charge in [-0.3, -0.25) is 19.5 Å². The van der Waals surface area contributed by atoms with E-state index in [2.05, 4.69) is 25.3 Å². The number of benzene rings is 1. The minimum absolute atomic E-state index is 0.0595. The summed E-state index contributed by atoms with van der Waals surface area (Å²) >= 11 is 0. The fourth-order valence-corrected chi connectivity index (χ4v) is 4.13. The topological polar surface area (TPSA) is 105 Å². The number of carbonyl (C=O) groups is 2. The fourth-order valence-electron chi connectivity index (χ4n) is 4.13. The Bertz CT molecular complexity index is 1150. The lowest BCUT2D eigenvalue weighted by molar-refractivity contribution is -0.118. The predicted octanol–water partition coefficient (Wildman–Crippen LogP) is 1.03. The number of aromatic nitrogens is 4. The molecule has 10 nitrogen and oxygen atoms in total. The van der Waals surface area contributed by atoms with Crippen molar-refractivity contribution in [3.63, 3.8) is 0 Å². The zero-order chi connectivity index (χ0) is 22.1. The van der Waals surface area contributed by atoms with E-state index >= 15 is 0 Å². The molecule has 2 aliphatic heterocycles. The second-order valence-electron chi connectivity index (χ2n) is 7.89. The molecule has 0 saturated carbocycles. The summed E-state index contributed by atoms with van der Waals surface area (Å²) < 4.78 is 7.79. The fraction of sp³-hybridized carbons (Fsp3) is 0.318. The number of carbonyl (C=O) groups excluding carboxylic acids is 2. The molecule has 3 aromatic rings. The Kier molecular flexibility index (Phi) is 5.28. The molecule has 1 fully saturated rings. The van der Waals surface area contributed by atoms with E-state index in [1.807, 2.05) is 25.2 Å². The standard InChI is InChI=1S/C22H23N7O3/c1-27-21(24-14-25-27)15-4-5-19-18(9-15)26-20(30)12-28-7-8-29(11-17(28)13-32-19)22(31)16-3-2-6-23-10-16/h2-6,9-10,14,17H,7-8,11-13H2,1H3,(H,26,30)/t17-/m1/s1. The maximum atomic E-state index is 12.9. The Labute approximate surface area is 184 Å². The smallest absolute Gasteiger partial charge is 0.255 e. The predicted molar refractivity (Wildman–Crippen MR) is 116 cm³/mol. The number of ether oxygens (including phenoxy) is 1. The van der Waals surface area contributed by atoms with Crippen LogP contribution in [0.3, 0.4) is 0 Å². The van der Waals surface area contributed by atoms with Gasteiger partial charge in [0, 0.05) is 44.6 Å². The highest BCUT2D eigenvalue weighted by molar-refractivity contribution is 5.95. The molecule has 0 aliphatic carbocycles. The Balaban J connectivity index is 1.36. The van der Waals surface area contributed by atoms with Crippen molar-refractivity contribution in [2.45, 2.75) is 6.04 Å². The molecule has 5 rings (SSSR count). The Morgan fingerprint density at radius 2 is 2.16 bits per heavy atom. The SMILES string of the molecule is Cn1ncnc1-c1ccc2c(c1)NC(=O)CN1CCN(C(=O)c3cccnc3)C[C@@H]1CO2. The van der Waals surface area contributed by atoms with E-state index in [9.17, 15) is 9.59 Å². The molecule has 0 bridgehead atoms. The molecule has 2 amide bonds. The highest BCUT2D eigenvalue weighted by Crippen LogP contribution is 2.31. The zero-order valence-corrected chi connectivity index (χ0v) is 17.6. The van der Waals surface area contributed by atoms with Gasteiger partial charge in [-0.25, -0.2) is 9.67 Å². The van der Waals surface area contributed by atoms with E-state index in [0.29, 0.717) is 49.1 Å². The lowest BCUT2D eigenvalue weighted by atomic mass is 10.1. The number of piperazine rings is 1. The average molecular weight is 433 g/mol. The summed E-state index contributed by atoms with van der Waals surface area (Å²) in [6.45, 7) is 2.21. The molecule has 0 spiro atoms. The van der Waals surface area contributed by atoms with Crippen LogP contribution in [0.15, 0.2) is 49.1 Å². The maximum Gasteiger partial charge on any atom is 0.255 e. The van der Waals surface area contributed by atoms with Gasteiger partial charge in [-0.05, 0) is 30.3 Å². The summed E-state index contributed by atoms with van der Waals surface area (Å²) in [5, 5.41) is 7.07. The monoisotopic (exact) mass is 433 g/mol. The van der Waals surface area contributed by atoms with Crippen LogP contribution in [0.4, 0.5) is 5.69 Å². The first-order valence-electron chi connectivity index (χ1n) is 10.4. The number of fused-ring (bicyclic) bond motifs is 2. The van der Waals surface area contributed by atoms with Gasteiger partial charge in [0.25, 0.3) is 5.91 Å². The largest absolute Gasteiger partial charge is 0.490 e. The number of rotatable bonds is 2. The van der Waals surface area contributed by atoms with Crippen LogP contribution in [0, 0.1) is 0 Å². The van der Waals surface area contributed by atoms with Crippen LogP contribution in [-0.4, -0.2) is 80.2 Å². The third-order valence-electron chi connectivity index (χ3n) is 5.80. The number of nitrogens with one attached hydrogen (secondary N) is 1. The summed E-state index contributed by atoms with van der Waals surface area (Å²) in [5.41, 5.74) is 1.99. The van der Waals surface area contributed by atoms with Crippen molar-refractivity contribution in [2.75, 3.05) is 38.1 Å². The summed E-state index contributed by atoms with van der Waals surface area (Å²) in [6, 6.07) is 8.99. The number of hydrogen-bond acceptors (Lipinski definition) is 7. The molecule has 0 radical (unpaired) electrons. The molecule has 4 heterocycles. The van der Waals surface area contributed by atoms with Gasteiger partial charge >= 0.3 is 0 Å². The van der Waals surface area contributed by atoms with Crippen LogP contribution >= 0.6 is 0 Å². The first kappa shape index (κ1) is 20.1. The van der Waals surface area contributed by atoms with Crippen LogP contribution in [0.1, 0.15) is 10.4 Å². The maximum absolute atomic E-state index is 12.9. The second kappa shape index (κ2) is 8.39. The number of hydrogen-bond donors (Lipinski definition) is 1. The van der Waals surface area contributed by atoms with Gasteiger partial charge in [-0.2, -0.15) is 5.10 Å². The molecule has 1 N–H and O–H groups in total. The van der Waals surface area contributed by atoms with Crippen LogP contribution in [0.5, 0.6) is 5.75 Å². The number of nitrogens with zero attached hydrogens (tertiary/aromatic N) is 6. The van der Waals surface area contributed by atoms with Gasteiger partial charge in [-0.1, -0.05) is 0 Å². The Morgan fingerprint density at radius 3 is 2.94 bits per heavy atom. The second-order valence-corrected chi connectivity index (χ2v) is 7.89. The van der Waals surface area contributed by atoms with Gasteiger partial charge in [-0.15, -0.1) is 0 Å². The molecule has 10 heteroatoms. The lowest BCUT2D eigenvalue weighted by Crippen LogP contribution is -2.57. The van der Waals surface area contributed by atoms with E-state index in [0.717, 1.165) is 5.56 Å². The van der Waals surface area contributed by atoms with E-state index in [4.69, 9.17) is 4.74 Å². The van der Waals surface area contributed by atoms with Crippen molar-refractivity contribution in [1.82, 2.24) is 29.5 Å². The highest BCUT2D eigenvalue weighted by Gasteiger charge is 2.33. The number of anilines is 1. The van der Waals surface area contributed by atoms with E-state index in [1.165, 1.54) is 6.33 Å². The van der Waals surface area contributed by atoms with Gasteiger partial charge in [0.05, 0.1) is 23.8 Å². The molecular weight excluding hydrogens is 410 g/mol. The van der Waals surface area contributed by atoms with Crippen molar-refractivity contribution in [3.05, 3.63) is 54.6 Å². The summed E-state index contributed by atoms with van der Waals surface area (Å²) in [4.78, 5) is 37.8. The van der Waals surface area contributed by atoms with E-state index in [-0.39, 0.29) is 24.4 Å². The van der Waals surface area contributed by atoms with Gasteiger partial charge in [0.15, 0.2) is 5.82 Å². The van der Waals surface area contributed by atoms with Gasteiger partial charge in [0.2, 0.25) is 5.91 Å². The third-order valence-corrected chi connectivity index (χ3v) is 5.80. The third kappa shape index (κ3) is 3.92. The van der Waals surface area contributed by atoms with Crippen molar-refractivity contribution in [1.29, 1.82) is 0 Å². The molecule has 2 aromatic heterocycles. The molecule has 1 aromatic carbocycles. The molecule has 32 heavy (non-hydrogen) atoms. The minimum Gasteiger partial charge on any atom is -0.490 e. The number of aryl methyl sites for hydroxylation is 1. The molecule has 1 atom stereocenters. The highest BCUT2D eigenvalue weighted by atomic mass is 16.5. The molecular formula is C22H23N7O3. The quantitative estimate of drug-likeness (QED) is 0.644. The Morgan fingerprint density at radius 1 is 1.25 bits per heavy atom. The number of pyridine rings is 1. The van der Waals surface area contributed by atoms with E-state index in [1.54, 1.807) is 34.1 Å². The molecule has 1 saturated heterocycles. The first-order valence-corrected chi connectivity index (χ1v) is 10.4. The first-order chi connectivity index (χ1) is 15.6. The molecule has 0 unspecified atom stereocenters. The van der Waals surface area contributed by atoms with Crippen LogP contribution in [-0.2, 0) is 11.8 Å². The lowest BCUT2D eigenvalue weighted by Gasteiger charge is -2.40. The van der Waals surface area contributed by atoms with E-state index < -0.39 is 0 Å². The van der Waals surface area contributed by atoms with Crippen molar-refractivity contribution >= 4 is 17.5 Å². The van der Waals surface area contributed by atoms with Crippen LogP contribution < -0.4 is 10.1 Å². The van der Waals surface area contributed by atoms with Crippen molar-refractivity contribution in [3.8, 4) is 17.1 Å². The number of amides is 2. The van der Waals surface area contributed by atoms with Crippen LogP contribution in [0.2, 0.25) is 0 Å². The summed E-state index contributed by atoms with van der Waals surface area (Å²) in [7, 11) is 1.82.